The van der Waals surface area contributed by atoms with Crippen LogP contribution in [0.15, 0.2) is 60.0 Å². The lowest BCUT2D eigenvalue weighted by Gasteiger charge is -2.07. The maximum atomic E-state index is 11.9. The van der Waals surface area contributed by atoms with Gasteiger partial charge in [0, 0.05) is 10.9 Å². The molecule has 0 atom stereocenters. The average Bonchev–Trinajstić information content (AvgIpc) is 3.15. The number of benzene rings is 2. The van der Waals surface area contributed by atoms with Gasteiger partial charge >= 0.3 is 5.97 Å². The number of thiazole rings is 1. The van der Waals surface area contributed by atoms with Gasteiger partial charge in [-0.15, -0.1) is 11.3 Å². The quantitative estimate of drug-likeness (QED) is 0.470. The molecule has 3 rings (SSSR count). The minimum Gasteiger partial charge on any atom is -0.490 e. The lowest BCUT2D eigenvalue weighted by atomic mass is 10.2. The van der Waals surface area contributed by atoms with Crippen LogP contribution in [0.2, 0.25) is 0 Å². The van der Waals surface area contributed by atoms with E-state index in [0.717, 1.165) is 10.6 Å². The Bertz CT molecular complexity index is 899. The molecule has 130 valence electrons. The van der Waals surface area contributed by atoms with Crippen LogP contribution in [0, 0.1) is 11.3 Å². The van der Waals surface area contributed by atoms with Crippen LogP contribution in [-0.4, -0.2) is 24.2 Å². The Morgan fingerprint density at radius 2 is 1.85 bits per heavy atom. The highest BCUT2D eigenvalue weighted by molar-refractivity contribution is 7.13. The molecular formula is C20H16N2O3S. The Kier molecular flexibility index (Phi) is 5.96. The highest BCUT2D eigenvalue weighted by atomic mass is 32.1. The van der Waals surface area contributed by atoms with Crippen molar-refractivity contribution in [3.63, 3.8) is 0 Å². The van der Waals surface area contributed by atoms with Crippen LogP contribution in [-0.2, 0) is 16.0 Å². The molecule has 26 heavy (non-hydrogen) atoms. The van der Waals surface area contributed by atoms with E-state index in [9.17, 15) is 4.79 Å². The summed E-state index contributed by atoms with van der Waals surface area (Å²) >= 11 is 1.51. The molecule has 0 aliphatic rings. The summed E-state index contributed by atoms with van der Waals surface area (Å²) in [7, 11) is 0. The van der Waals surface area contributed by atoms with Crippen LogP contribution < -0.4 is 4.74 Å². The Labute approximate surface area is 155 Å². The highest BCUT2D eigenvalue weighted by Crippen LogP contribution is 2.23. The molecule has 0 saturated carbocycles. The second-order valence-electron chi connectivity index (χ2n) is 5.39. The Balaban J connectivity index is 1.41. The molecule has 0 saturated heterocycles. The first-order valence-electron chi connectivity index (χ1n) is 8.03. The molecule has 1 aromatic heterocycles. The van der Waals surface area contributed by atoms with Crippen molar-refractivity contribution in [2.75, 3.05) is 13.2 Å². The first-order valence-corrected chi connectivity index (χ1v) is 8.91. The van der Waals surface area contributed by atoms with E-state index in [1.165, 1.54) is 11.3 Å². The van der Waals surface area contributed by atoms with Gasteiger partial charge in [0.05, 0.1) is 23.7 Å². The maximum absolute atomic E-state index is 11.9. The summed E-state index contributed by atoms with van der Waals surface area (Å²) in [6, 6.07) is 18.7. The van der Waals surface area contributed by atoms with Crippen molar-refractivity contribution in [1.82, 2.24) is 4.98 Å². The van der Waals surface area contributed by atoms with E-state index in [4.69, 9.17) is 14.7 Å². The molecule has 0 N–H and O–H groups in total. The number of carbonyl (C=O) groups is 1. The third kappa shape index (κ3) is 4.91. The van der Waals surface area contributed by atoms with Gasteiger partial charge in [0.1, 0.15) is 24.0 Å². The van der Waals surface area contributed by atoms with Crippen LogP contribution >= 0.6 is 11.3 Å². The number of aromatic nitrogens is 1. The normalized spacial score (nSPS) is 10.1. The third-order valence-electron chi connectivity index (χ3n) is 3.50. The summed E-state index contributed by atoms with van der Waals surface area (Å²) in [5.41, 5.74) is 2.31. The molecule has 0 bridgehead atoms. The summed E-state index contributed by atoms with van der Waals surface area (Å²) in [6.45, 7) is 0.415. The molecule has 0 amide bonds. The molecule has 0 unspecified atom stereocenters. The Hall–Kier alpha value is -3.17. The number of esters is 1. The third-order valence-corrected chi connectivity index (χ3v) is 4.44. The van der Waals surface area contributed by atoms with Crippen molar-refractivity contribution in [3.05, 3.63) is 71.2 Å². The molecule has 6 heteroatoms. The van der Waals surface area contributed by atoms with Crippen molar-refractivity contribution in [2.45, 2.75) is 6.42 Å². The number of hydrogen-bond donors (Lipinski definition) is 0. The molecule has 0 fully saturated rings. The number of hydrogen-bond acceptors (Lipinski definition) is 6. The van der Waals surface area contributed by atoms with E-state index in [1.54, 1.807) is 24.3 Å². The van der Waals surface area contributed by atoms with Crippen LogP contribution in [0.3, 0.4) is 0 Å². The van der Waals surface area contributed by atoms with Crippen molar-refractivity contribution >= 4 is 17.3 Å². The molecule has 5 nitrogen and oxygen atoms in total. The predicted molar refractivity (Wildman–Crippen MR) is 98.9 cm³/mol. The number of nitrogens with zero attached hydrogens (tertiary/aromatic N) is 2. The number of carbonyl (C=O) groups excluding carboxylic acids is 1. The van der Waals surface area contributed by atoms with Crippen molar-refractivity contribution in [1.29, 1.82) is 5.26 Å². The van der Waals surface area contributed by atoms with E-state index >= 15 is 0 Å². The van der Waals surface area contributed by atoms with Gasteiger partial charge in [-0.1, -0.05) is 30.3 Å². The van der Waals surface area contributed by atoms with Crippen molar-refractivity contribution in [2.24, 2.45) is 0 Å². The van der Waals surface area contributed by atoms with E-state index in [2.05, 4.69) is 4.98 Å². The number of rotatable bonds is 7. The summed E-state index contributed by atoms with van der Waals surface area (Å²) in [5, 5.41) is 11.5. The second kappa shape index (κ2) is 8.79. The zero-order chi connectivity index (χ0) is 18.2. The first-order chi connectivity index (χ1) is 12.7. The molecule has 0 aliphatic heterocycles. The molecule has 2 aromatic carbocycles. The molecule has 3 aromatic rings. The summed E-state index contributed by atoms with van der Waals surface area (Å²) < 4.78 is 10.6. The molecule has 0 spiro atoms. The summed E-state index contributed by atoms with van der Waals surface area (Å²) in [6.07, 6.45) is 0.139. The van der Waals surface area contributed by atoms with Crippen molar-refractivity contribution < 1.29 is 14.3 Å². The number of nitriles is 1. The topological polar surface area (TPSA) is 72.2 Å². The average molecular weight is 364 g/mol. The van der Waals surface area contributed by atoms with Gasteiger partial charge in [-0.25, -0.2) is 4.98 Å². The van der Waals surface area contributed by atoms with Gasteiger partial charge in [-0.05, 0) is 24.3 Å². The predicted octanol–water partition coefficient (Wildman–Crippen LogP) is 3.85. The zero-order valence-electron chi connectivity index (χ0n) is 13.9. The fraction of sp³-hybridized carbons (Fsp3) is 0.150. The van der Waals surface area contributed by atoms with E-state index in [-0.39, 0.29) is 25.6 Å². The fourth-order valence-electron chi connectivity index (χ4n) is 2.24. The first kappa shape index (κ1) is 17.6. The lowest BCUT2D eigenvalue weighted by Crippen LogP contribution is -2.14. The molecule has 0 aliphatic carbocycles. The van der Waals surface area contributed by atoms with Crippen molar-refractivity contribution in [3.8, 4) is 22.4 Å². The molecule has 0 radical (unpaired) electrons. The fourth-order valence-corrected chi connectivity index (χ4v) is 3.07. The zero-order valence-corrected chi connectivity index (χ0v) is 14.7. The molecule has 1 heterocycles. The van der Waals surface area contributed by atoms with Gasteiger partial charge in [-0.2, -0.15) is 5.26 Å². The highest BCUT2D eigenvalue weighted by Gasteiger charge is 2.10. The number of ether oxygens (including phenoxy) is 2. The van der Waals surface area contributed by atoms with Gasteiger partial charge in [0.15, 0.2) is 0 Å². The minimum absolute atomic E-state index is 0.139. The smallest absolute Gasteiger partial charge is 0.312 e. The SMILES string of the molecule is N#Cc1ccc(OCCOC(=O)Cc2csc(-c3ccccc3)n2)cc1. The Morgan fingerprint density at radius 3 is 2.58 bits per heavy atom. The lowest BCUT2D eigenvalue weighted by molar-refractivity contribution is -0.143. The minimum atomic E-state index is -0.335. The summed E-state index contributed by atoms with van der Waals surface area (Å²) in [4.78, 5) is 16.4. The van der Waals surface area contributed by atoms with Crippen LogP contribution in [0.4, 0.5) is 0 Å². The van der Waals surface area contributed by atoms with Crippen LogP contribution in [0.25, 0.3) is 10.6 Å². The van der Waals surface area contributed by atoms with Gasteiger partial charge in [0.2, 0.25) is 0 Å². The molecular weight excluding hydrogens is 348 g/mol. The van der Waals surface area contributed by atoms with E-state index in [1.807, 2.05) is 41.8 Å². The van der Waals surface area contributed by atoms with Gasteiger partial charge < -0.3 is 9.47 Å². The van der Waals surface area contributed by atoms with Crippen LogP contribution in [0.1, 0.15) is 11.3 Å². The monoisotopic (exact) mass is 364 g/mol. The Morgan fingerprint density at radius 1 is 1.08 bits per heavy atom. The maximum Gasteiger partial charge on any atom is 0.312 e. The van der Waals surface area contributed by atoms with E-state index < -0.39 is 0 Å². The van der Waals surface area contributed by atoms with Crippen LogP contribution in [0.5, 0.6) is 5.75 Å². The van der Waals surface area contributed by atoms with Gasteiger partial charge in [-0.3, -0.25) is 4.79 Å². The van der Waals surface area contributed by atoms with Gasteiger partial charge in [0.25, 0.3) is 0 Å². The second-order valence-corrected chi connectivity index (χ2v) is 6.25. The summed E-state index contributed by atoms with van der Waals surface area (Å²) in [5.74, 6) is 0.297. The van der Waals surface area contributed by atoms with E-state index in [0.29, 0.717) is 17.0 Å². The standard InChI is InChI=1S/C20H16N2O3S/c21-13-15-6-8-18(9-7-15)24-10-11-25-19(23)12-17-14-26-20(22-17)16-4-2-1-3-5-16/h1-9,14H,10-12H2. The largest absolute Gasteiger partial charge is 0.490 e.